The van der Waals surface area contributed by atoms with E-state index in [1.54, 1.807) is 13.8 Å². The third kappa shape index (κ3) is 2.28. The maximum absolute atomic E-state index is 9.81. The van der Waals surface area contributed by atoms with Crippen molar-refractivity contribution in [1.82, 2.24) is 0 Å². The summed E-state index contributed by atoms with van der Waals surface area (Å²) in [6.07, 6.45) is -1.07. The molecule has 0 spiro atoms. The van der Waals surface area contributed by atoms with Crippen LogP contribution in [-0.2, 0) is 4.79 Å². The molecule has 9 heavy (non-hydrogen) atoms. The second-order valence-corrected chi connectivity index (χ2v) is 1.97. The number of aldehydes is 1. The zero-order valence-electron chi connectivity index (χ0n) is 5.46. The molecule has 3 heteroatoms. The predicted molar refractivity (Wildman–Crippen MR) is 33.1 cm³/mol. The molecule has 0 unspecified atom stereocenters. The van der Waals surface area contributed by atoms with Gasteiger partial charge in [0.2, 0.25) is 0 Å². The number of aliphatic hydroxyl groups is 2. The minimum Gasteiger partial charge on any atom is -0.509 e. The largest absolute Gasteiger partial charge is 0.509 e. The Labute approximate surface area is 53.6 Å². The standard InChI is InChI=1S/C6H10O3/c1-4(2)6(9)5(8)3-7/h3,5,8-9H,1-2H3/t5-/m1/s1. The smallest absolute Gasteiger partial charge is 0.166 e. The number of carbonyl (C=O) groups excluding carboxylic acids is 1. The van der Waals surface area contributed by atoms with E-state index in [1.807, 2.05) is 0 Å². The van der Waals surface area contributed by atoms with Gasteiger partial charge in [0.25, 0.3) is 0 Å². The number of hydrogen-bond acceptors (Lipinski definition) is 3. The van der Waals surface area contributed by atoms with Crippen LogP contribution in [-0.4, -0.2) is 22.6 Å². The van der Waals surface area contributed by atoms with E-state index in [-0.39, 0.29) is 12.0 Å². The van der Waals surface area contributed by atoms with Crippen molar-refractivity contribution in [3.63, 3.8) is 0 Å². The van der Waals surface area contributed by atoms with Gasteiger partial charge in [-0.2, -0.15) is 0 Å². The number of allylic oxidation sites excluding steroid dienone is 1. The van der Waals surface area contributed by atoms with E-state index in [9.17, 15) is 4.79 Å². The van der Waals surface area contributed by atoms with Gasteiger partial charge in [-0.25, -0.2) is 0 Å². The molecule has 0 aromatic rings. The fraction of sp³-hybridized carbons (Fsp3) is 0.500. The Morgan fingerprint density at radius 3 is 2.11 bits per heavy atom. The Bertz CT molecular complexity index is 133. The van der Waals surface area contributed by atoms with Crippen LogP contribution in [0.5, 0.6) is 0 Å². The molecule has 0 aliphatic heterocycles. The van der Waals surface area contributed by atoms with E-state index in [4.69, 9.17) is 10.2 Å². The van der Waals surface area contributed by atoms with E-state index in [1.165, 1.54) is 0 Å². The Morgan fingerprint density at radius 1 is 1.56 bits per heavy atom. The number of carbonyl (C=O) groups is 1. The van der Waals surface area contributed by atoms with Gasteiger partial charge < -0.3 is 10.2 Å². The molecular formula is C6H10O3. The number of hydrogen-bond donors (Lipinski definition) is 2. The van der Waals surface area contributed by atoms with Crippen molar-refractivity contribution in [3.8, 4) is 0 Å². The van der Waals surface area contributed by atoms with Crippen LogP contribution in [0.2, 0.25) is 0 Å². The quantitative estimate of drug-likeness (QED) is 0.420. The molecule has 0 aliphatic carbocycles. The van der Waals surface area contributed by atoms with E-state index < -0.39 is 6.10 Å². The maximum atomic E-state index is 9.81. The second kappa shape index (κ2) is 3.25. The van der Waals surface area contributed by atoms with Crippen molar-refractivity contribution in [2.75, 3.05) is 0 Å². The average molecular weight is 130 g/mol. The normalized spacial score (nSPS) is 12.3. The molecule has 52 valence electrons. The molecule has 0 radical (unpaired) electrons. The van der Waals surface area contributed by atoms with Crippen molar-refractivity contribution in [2.24, 2.45) is 0 Å². The monoisotopic (exact) mass is 130 g/mol. The van der Waals surface area contributed by atoms with E-state index in [0.717, 1.165) is 0 Å². The lowest BCUT2D eigenvalue weighted by Crippen LogP contribution is -2.12. The van der Waals surface area contributed by atoms with Crippen LogP contribution in [0, 0.1) is 0 Å². The van der Waals surface area contributed by atoms with Crippen molar-refractivity contribution >= 4 is 6.29 Å². The van der Waals surface area contributed by atoms with Gasteiger partial charge >= 0.3 is 0 Å². The van der Waals surface area contributed by atoms with Gasteiger partial charge in [0.1, 0.15) is 5.76 Å². The van der Waals surface area contributed by atoms with Gasteiger partial charge in [0, 0.05) is 0 Å². The number of rotatable bonds is 2. The third-order valence-electron chi connectivity index (χ3n) is 0.921. The van der Waals surface area contributed by atoms with E-state index >= 15 is 0 Å². The lowest BCUT2D eigenvalue weighted by molar-refractivity contribution is -0.114. The second-order valence-electron chi connectivity index (χ2n) is 1.97. The summed E-state index contributed by atoms with van der Waals surface area (Å²) in [6.45, 7) is 3.23. The summed E-state index contributed by atoms with van der Waals surface area (Å²) < 4.78 is 0. The number of aliphatic hydroxyl groups excluding tert-OH is 2. The van der Waals surface area contributed by atoms with Crippen LogP contribution in [0.25, 0.3) is 0 Å². The summed E-state index contributed by atoms with van der Waals surface area (Å²) in [5.74, 6) is -0.259. The first-order valence-corrected chi connectivity index (χ1v) is 2.59. The Morgan fingerprint density at radius 2 is 2.00 bits per heavy atom. The molecule has 0 saturated heterocycles. The molecule has 3 nitrogen and oxygen atoms in total. The topological polar surface area (TPSA) is 57.5 Å². The molecule has 0 rings (SSSR count). The van der Waals surface area contributed by atoms with E-state index in [2.05, 4.69) is 0 Å². The van der Waals surface area contributed by atoms with Crippen LogP contribution in [0.4, 0.5) is 0 Å². The van der Waals surface area contributed by atoms with Gasteiger partial charge in [0.15, 0.2) is 12.4 Å². The molecule has 0 saturated carbocycles. The highest BCUT2D eigenvalue weighted by Gasteiger charge is 2.07. The molecule has 0 aliphatic rings. The first kappa shape index (κ1) is 8.17. The van der Waals surface area contributed by atoms with Gasteiger partial charge in [-0.3, -0.25) is 4.79 Å². The van der Waals surface area contributed by atoms with Crippen LogP contribution in [0.1, 0.15) is 13.8 Å². The van der Waals surface area contributed by atoms with Crippen LogP contribution in [0.3, 0.4) is 0 Å². The van der Waals surface area contributed by atoms with Gasteiger partial charge in [-0.1, -0.05) is 0 Å². The summed E-state index contributed by atoms with van der Waals surface area (Å²) >= 11 is 0. The van der Waals surface area contributed by atoms with E-state index in [0.29, 0.717) is 5.57 Å². The highest BCUT2D eigenvalue weighted by atomic mass is 16.3. The molecule has 2 N–H and O–H groups in total. The van der Waals surface area contributed by atoms with Crippen molar-refractivity contribution in [2.45, 2.75) is 20.0 Å². The summed E-state index contributed by atoms with van der Waals surface area (Å²) in [5.41, 5.74) is 0.551. The maximum Gasteiger partial charge on any atom is 0.166 e. The molecular weight excluding hydrogens is 120 g/mol. The molecule has 0 aromatic carbocycles. The summed E-state index contributed by atoms with van der Waals surface area (Å²) in [5, 5.41) is 17.4. The van der Waals surface area contributed by atoms with Crippen LogP contribution in [0.15, 0.2) is 11.3 Å². The molecule has 0 heterocycles. The summed E-state index contributed by atoms with van der Waals surface area (Å²) in [7, 11) is 0. The van der Waals surface area contributed by atoms with Gasteiger partial charge in [-0.15, -0.1) is 0 Å². The van der Waals surface area contributed by atoms with Gasteiger partial charge in [-0.05, 0) is 19.4 Å². The van der Waals surface area contributed by atoms with Crippen LogP contribution >= 0.6 is 0 Å². The van der Waals surface area contributed by atoms with Gasteiger partial charge in [0.05, 0.1) is 0 Å². The third-order valence-corrected chi connectivity index (χ3v) is 0.921. The fourth-order valence-electron chi connectivity index (χ4n) is 0.360. The SMILES string of the molecule is CC(C)=C(O)[C@H](O)C=O. The molecule has 1 atom stereocenters. The zero-order valence-corrected chi connectivity index (χ0v) is 5.46. The highest BCUT2D eigenvalue weighted by molar-refractivity contribution is 5.60. The molecule has 0 fully saturated rings. The first-order valence-electron chi connectivity index (χ1n) is 2.59. The minimum atomic E-state index is -1.35. The van der Waals surface area contributed by atoms with Crippen molar-refractivity contribution < 1.29 is 15.0 Å². The summed E-state index contributed by atoms with van der Waals surface area (Å²) in [6, 6.07) is 0. The molecule has 0 aromatic heterocycles. The van der Waals surface area contributed by atoms with Crippen molar-refractivity contribution in [1.29, 1.82) is 0 Å². The molecule has 0 amide bonds. The summed E-state index contributed by atoms with van der Waals surface area (Å²) in [4.78, 5) is 9.81. The average Bonchev–Trinajstić information content (AvgIpc) is 1.84. The lowest BCUT2D eigenvalue weighted by atomic mass is 10.2. The zero-order chi connectivity index (χ0) is 7.44. The fourth-order valence-corrected chi connectivity index (χ4v) is 0.360. The predicted octanol–water partition coefficient (Wildman–Crippen LogP) is 0.398. The molecule has 0 bridgehead atoms. The minimum absolute atomic E-state index is 0.259. The Kier molecular flexibility index (Phi) is 2.95. The van der Waals surface area contributed by atoms with Crippen molar-refractivity contribution in [3.05, 3.63) is 11.3 Å². The highest BCUT2D eigenvalue weighted by Crippen LogP contribution is 2.01. The Hall–Kier alpha value is -0.830. The lowest BCUT2D eigenvalue weighted by Gasteiger charge is -2.01. The Balaban J connectivity index is 4.19. The van der Waals surface area contributed by atoms with Crippen LogP contribution < -0.4 is 0 Å². The first-order chi connectivity index (χ1) is 4.09.